The van der Waals surface area contributed by atoms with Crippen LogP contribution in [0.3, 0.4) is 0 Å². The molecule has 1 aliphatic heterocycles. The fourth-order valence-electron chi connectivity index (χ4n) is 2.91. The van der Waals surface area contributed by atoms with E-state index in [1.165, 1.54) is 0 Å². The molecular formula is C8H11O3S+. The van der Waals surface area contributed by atoms with Crippen LogP contribution in [0, 0.1) is 24.2 Å². The highest BCUT2D eigenvalue weighted by Crippen LogP contribution is 2.56. The Morgan fingerprint density at radius 2 is 2.25 bits per heavy atom. The van der Waals surface area contributed by atoms with E-state index in [1.807, 2.05) is 0 Å². The van der Waals surface area contributed by atoms with E-state index in [-0.39, 0.29) is 17.3 Å². The van der Waals surface area contributed by atoms with E-state index in [0.717, 1.165) is 6.42 Å². The second-order valence-corrected chi connectivity index (χ2v) is 5.90. The van der Waals surface area contributed by atoms with Gasteiger partial charge in [0.25, 0.3) is 10.1 Å². The Labute approximate surface area is 72.2 Å². The first-order chi connectivity index (χ1) is 5.59. The van der Waals surface area contributed by atoms with Gasteiger partial charge in [-0.15, -0.1) is 0 Å². The lowest BCUT2D eigenvalue weighted by molar-refractivity contribution is 0.141. The second-order valence-electron chi connectivity index (χ2n) is 4.12. The van der Waals surface area contributed by atoms with Gasteiger partial charge in [-0.05, 0) is 0 Å². The molecule has 66 valence electrons. The molecule has 0 aromatic rings. The molecule has 2 bridgehead atoms. The Hall–Kier alpha value is -0.220. The van der Waals surface area contributed by atoms with Crippen molar-refractivity contribution in [1.82, 2.24) is 0 Å². The summed E-state index contributed by atoms with van der Waals surface area (Å²) in [5, 5.41) is -0.205. The Morgan fingerprint density at radius 3 is 2.83 bits per heavy atom. The minimum Gasteiger partial charge on any atom is -0.261 e. The summed E-state index contributed by atoms with van der Waals surface area (Å²) < 4.78 is 27.8. The third-order valence-electron chi connectivity index (χ3n) is 3.59. The average molecular weight is 187 g/mol. The van der Waals surface area contributed by atoms with E-state index in [9.17, 15) is 8.42 Å². The van der Waals surface area contributed by atoms with Crippen molar-refractivity contribution in [2.75, 3.05) is 0 Å². The van der Waals surface area contributed by atoms with Gasteiger partial charge in [0, 0.05) is 12.3 Å². The van der Waals surface area contributed by atoms with Crippen molar-refractivity contribution in [3.8, 4) is 0 Å². The lowest BCUT2D eigenvalue weighted by Gasteiger charge is -2.13. The number of rotatable bonds is 0. The Bertz CT molecular complexity index is 321. The molecule has 1 heterocycles. The second kappa shape index (κ2) is 1.82. The SMILES string of the molecule is CC1C2[CH+]C3C1OS(=O)(=O)C3C2. The van der Waals surface area contributed by atoms with Gasteiger partial charge in [-0.1, -0.05) is 6.92 Å². The molecule has 3 rings (SSSR count). The highest BCUT2D eigenvalue weighted by molar-refractivity contribution is 7.87. The first kappa shape index (κ1) is 7.21. The molecule has 1 saturated heterocycles. The summed E-state index contributed by atoms with van der Waals surface area (Å²) in [5.41, 5.74) is 0. The van der Waals surface area contributed by atoms with Crippen molar-refractivity contribution in [3.05, 3.63) is 6.42 Å². The van der Waals surface area contributed by atoms with Crippen molar-refractivity contribution >= 4 is 10.1 Å². The van der Waals surface area contributed by atoms with Crippen LogP contribution in [-0.2, 0) is 14.3 Å². The van der Waals surface area contributed by atoms with Crippen molar-refractivity contribution in [1.29, 1.82) is 0 Å². The molecule has 0 spiro atoms. The standard InChI is InChI=1S/C8H11O3S/c1-4-5-2-6-7(3-5)12(9,10)11-8(4)6/h2,4-8H,3H2,1H3/q+1. The Kier molecular flexibility index (Phi) is 1.10. The van der Waals surface area contributed by atoms with Crippen LogP contribution in [-0.4, -0.2) is 19.8 Å². The average Bonchev–Trinajstić information content (AvgIpc) is 2.54. The maximum absolute atomic E-state index is 11.4. The lowest BCUT2D eigenvalue weighted by atomic mass is 9.88. The monoisotopic (exact) mass is 187 g/mol. The molecule has 4 heteroatoms. The molecule has 0 aromatic heterocycles. The fraction of sp³-hybridized carbons (Fsp3) is 0.875. The predicted octanol–water partition coefficient (Wildman–Crippen LogP) is 0.574. The van der Waals surface area contributed by atoms with Gasteiger partial charge in [0.05, 0.1) is 6.42 Å². The molecule has 0 amide bonds. The maximum Gasteiger partial charge on any atom is 0.275 e. The minimum atomic E-state index is -3.20. The molecule has 2 saturated carbocycles. The predicted molar refractivity (Wildman–Crippen MR) is 42.6 cm³/mol. The topological polar surface area (TPSA) is 43.4 Å². The molecule has 5 atom stereocenters. The molecule has 2 aliphatic carbocycles. The molecule has 3 aliphatic rings. The molecule has 0 aromatic carbocycles. The summed E-state index contributed by atoms with van der Waals surface area (Å²) in [6, 6.07) is 0. The summed E-state index contributed by atoms with van der Waals surface area (Å²) in [5.74, 6) is 1.10. The van der Waals surface area contributed by atoms with Crippen LogP contribution in [0.5, 0.6) is 0 Å². The van der Waals surface area contributed by atoms with Crippen LogP contribution in [0.4, 0.5) is 0 Å². The molecule has 3 nitrogen and oxygen atoms in total. The van der Waals surface area contributed by atoms with E-state index in [2.05, 4.69) is 13.3 Å². The first-order valence-corrected chi connectivity index (χ1v) is 5.84. The number of hydrogen-bond donors (Lipinski definition) is 0. The smallest absolute Gasteiger partial charge is 0.261 e. The summed E-state index contributed by atoms with van der Waals surface area (Å²) in [4.78, 5) is 0. The van der Waals surface area contributed by atoms with Crippen LogP contribution >= 0.6 is 0 Å². The molecule has 0 radical (unpaired) electrons. The van der Waals surface area contributed by atoms with Crippen LogP contribution < -0.4 is 0 Å². The van der Waals surface area contributed by atoms with E-state index in [1.54, 1.807) is 0 Å². The zero-order valence-corrected chi connectivity index (χ0v) is 7.62. The zero-order valence-electron chi connectivity index (χ0n) is 6.80. The van der Waals surface area contributed by atoms with Crippen LogP contribution in [0.2, 0.25) is 0 Å². The summed E-state index contributed by atoms with van der Waals surface area (Å²) in [6.07, 6.45) is 2.95. The zero-order chi connectivity index (χ0) is 8.51. The summed E-state index contributed by atoms with van der Waals surface area (Å²) >= 11 is 0. The molecule has 5 unspecified atom stereocenters. The van der Waals surface area contributed by atoms with Gasteiger partial charge < -0.3 is 0 Å². The highest BCUT2D eigenvalue weighted by Gasteiger charge is 2.69. The highest BCUT2D eigenvalue weighted by atomic mass is 32.2. The van der Waals surface area contributed by atoms with Crippen LogP contribution in [0.15, 0.2) is 0 Å². The normalized spacial score (nSPS) is 58.9. The fourth-order valence-corrected chi connectivity index (χ4v) is 4.75. The van der Waals surface area contributed by atoms with Crippen LogP contribution in [0.1, 0.15) is 13.3 Å². The maximum atomic E-state index is 11.4. The van der Waals surface area contributed by atoms with E-state index in [4.69, 9.17) is 4.18 Å². The third kappa shape index (κ3) is 0.623. The van der Waals surface area contributed by atoms with Gasteiger partial charge in [0.15, 0.2) is 0 Å². The van der Waals surface area contributed by atoms with Gasteiger partial charge in [-0.25, -0.2) is 0 Å². The molecule has 12 heavy (non-hydrogen) atoms. The summed E-state index contributed by atoms with van der Waals surface area (Å²) in [6.45, 7) is 2.09. The molecular weight excluding hydrogens is 176 g/mol. The minimum absolute atomic E-state index is 0.0289. The molecule has 0 N–H and O–H groups in total. The lowest BCUT2D eigenvalue weighted by Crippen LogP contribution is -2.27. The summed E-state index contributed by atoms with van der Waals surface area (Å²) in [7, 11) is -3.20. The number of hydrogen-bond acceptors (Lipinski definition) is 3. The van der Waals surface area contributed by atoms with Crippen molar-refractivity contribution < 1.29 is 12.6 Å². The van der Waals surface area contributed by atoms with Gasteiger partial charge in [0.2, 0.25) is 0 Å². The van der Waals surface area contributed by atoms with Gasteiger partial charge in [-0.2, -0.15) is 8.42 Å². The quantitative estimate of drug-likeness (QED) is 0.411. The van der Waals surface area contributed by atoms with Gasteiger partial charge in [-0.3, -0.25) is 4.18 Å². The van der Waals surface area contributed by atoms with Crippen molar-refractivity contribution in [2.45, 2.75) is 24.7 Å². The Balaban J connectivity index is 2.11. The molecule has 3 fully saturated rings. The van der Waals surface area contributed by atoms with Gasteiger partial charge in [0.1, 0.15) is 23.2 Å². The van der Waals surface area contributed by atoms with Crippen LogP contribution in [0.25, 0.3) is 0 Å². The van der Waals surface area contributed by atoms with E-state index in [0.29, 0.717) is 11.8 Å². The number of fused-ring (bicyclic) bond motifs is 1. The largest absolute Gasteiger partial charge is 0.275 e. The van der Waals surface area contributed by atoms with E-state index < -0.39 is 10.1 Å². The van der Waals surface area contributed by atoms with Gasteiger partial charge >= 0.3 is 0 Å². The van der Waals surface area contributed by atoms with Crippen molar-refractivity contribution in [3.63, 3.8) is 0 Å². The van der Waals surface area contributed by atoms with E-state index >= 15 is 0 Å². The third-order valence-corrected chi connectivity index (χ3v) is 5.33. The Morgan fingerprint density at radius 1 is 1.50 bits per heavy atom. The van der Waals surface area contributed by atoms with Crippen molar-refractivity contribution in [2.24, 2.45) is 17.8 Å². The first-order valence-electron chi connectivity index (χ1n) is 4.37.